The van der Waals surface area contributed by atoms with Crippen molar-refractivity contribution in [2.75, 3.05) is 11.9 Å². The lowest BCUT2D eigenvalue weighted by atomic mass is 10.0. The van der Waals surface area contributed by atoms with Gasteiger partial charge in [-0.1, -0.05) is 44.2 Å². The Morgan fingerprint density at radius 3 is 2.61 bits per heavy atom. The number of ether oxygens (including phenoxy) is 1. The molecule has 0 radical (unpaired) electrons. The van der Waals surface area contributed by atoms with Gasteiger partial charge in [0.05, 0.1) is 6.61 Å². The number of nitrogens with one attached hydrogen (secondary N) is 1. The van der Waals surface area contributed by atoms with Gasteiger partial charge in [0.2, 0.25) is 11.0 Å². The Morgan fingerprint density at radius 2 is 2.00 bits per heavy atom. The van der Waals surface area contributed by atoms with Gasteiger partial charge >= 0.3 is 0 Å². The molecule has 0 atom stereocenters. The maximum absolute atomic E-state index is 11.8. The molecule has 124 valence electrons. The minimum absolute atomic E-state index is 0.0532. The van der Waals surface area contributed by atoms with Crippen LogP contribution in [-0.4, -0.2) is 22.7 Å². The number of aromatic nitrogens is 2. The van der Waals surface area contributed by atoms with E-state index in [9.17, 15) is 4.79 Å². The number of benzene rings is 1. The van der Waals surface area contributed by atoms with E-state index in [1.165, 1.54) is 16.9 Å². The molecule has 1 amide bonds. The summed E-state index contributed by atoms with van der Waals surface area (Å²) in [5.41, 5.74) is 1.29. The SMILES string of the molecule is CCc1nnc(NC(=O)CCCOc2ccc(C(C)C)cc2)s1. The third-order valence-electron chi connectivity index (χ3n) is 3.38. The van der Waals surface area contributed by atoms with Crippen molar-refractivity contribution in [3.63, 3.8) is 0 Å². The molecule has 1 N–H and O–H groups in total. The Labute approximate surface area is 141 Å². The number of hydrogen-bond acceptors (Lipinski definition) is 5. The molecule has 2 rings (SSSR count). The highest BCUT2D eigenvalue weighted by Crippen LogP contribution is 2.19. The molecule has 0 aliphatic heterocycles. The standard InChI is InChI=1S/C17H23N3O2S/c1-4-16-19-20-17(23-16)18-15(21)6-5-11-22-14-9-7-13(8-10-14)12(2)3/h7-10,12H,4-6,11H2,1-3H3,(H,18,20,21). The highest BCUT2D eigenvalue weighted by molar-refractivity contribution is 7.15. The third-order valence-corrected chi connectivity index (χ3v) is 4.36. The summed E-state index contributed by atoms with van der Waals surface area (Å²) in [6.07, 6.45) is 1.90. The molecular formula is C17H23N3O2S. The van der Waals surface area contributed by atoms with Gasteiger partial charge in [-0.15, -0.1) is 10.2 Å². The second-order valence-electron chi connectivity index (χ2n) is 5.58. The van der Waals surface area contributed by atoms with Crippen molar-refractivity contribution >= 4 is 22.4 Å². The van der Waals surface area contributed by atoms with E-state index in [0.29, 0.717) is 30.5 Å². The van der Waals surface area contributed by atoms with E-state index in [2.05, 4.69) is 41.5 Å². The highest BCUT2D eigenvalue weighted by Gasteiger charge is 2.07. The molecule has 0 saturated heterocycles. The van der Waals surface area contributed by atoms with Crippen molar-refractivity contribution < 1.29 is 9.53 Å². The first kappa shape index (κ1) is 17.4. The second kappa shape index (κ2) is 8.62. The van der Waals surface area contributed by atoms with Crippen LogP contribution in [-0.2, 0) is 11.2 Å². The fourth-order valence-corrected chi connectivity index (χ4v) is 2.70. The summed E-state index contributed by atoms with van der Waals surface area (Å²) in [6, 6.07) is 8.10. The molecule has 1 heterocycles. The summed E-state index contributed by atoms with van der Waals surface area (Å²) in [6.45, 7) is 6.85. The molecule has 1 aromatic carbocycles. The smallest absolute Gasteiger partial charge is 0.226 e. The molecule has 5 nitrogen and oxygen atoms in total. The number of aryl methyl sites for hydroxylation is 1. The Bertz CT molecular complexity index is 623. The molecule has 6 heteroatoms. The number of rotatable bonds is 8. The second-order valence-corrected chi connectivity index (χ2v) is 6.64. The third kappa shape index (κ3) is 5.63. The lowest BCUT2D eigenvalue weighted by molar-refractivity contribution is -0.116. The van der Waals surface area contributed by atoms with Gasteiger partial charge in [-0.3, -0.25) is 4.79 Å². The van der Waals surface area contributed by atoms with Gasteiger partial charge in [-0.25, -0.2) is 0 Å². The maximum atomic E-state index is 11.8. The van der Waals surface area contributed by atoms with E-state index in [0.717, 1.165) is 17.2 Å². The van der Waals surface area contributed by atoms with Gasteiger partial charge in [0, 0.05) is 6.42 Å². The van der Waals surface area contributed by atoms with Crippen LogP contribution in [0.3, 0.4) is 0 Å². The van der Waals surface area contributed by atoms with E-state index in [-0.39, 0.29) is 5.91 Å². The zero-order valence-electron chi connectivity index (χ0n) is 13.8. The van der Waals surface area contributed by atoms with E-state index in [4.69, 9.17) is 4.74 Å². The first-order valence-corrected chi connectivity index (χ1v) is 8.75. The van der Waals surface area contributed by atoms with Crippen molar-refractivity contribution in [2.24, 2.45) is 0 Å². The van der Waals surface area contributed by atoms with Crippen LogP contribution in [0.25, 0.3) is 0 Å². The van der Waals surface area contributed by atoms with Gasteiger partial charge in [0.25, 0.3) is 0 Å². The molecule has 0 saturated carbocycles. The van der Waals surface area contributed by atoms with Crippen LogP contribution in [0.2, 0.25) is 0 Å². The highest BCUT2D eigenvalue weighted by atomic mass is 32.1. The monoisotopic (exact) mass is 333 g/mol. The van der Waals surface area contributed by atoms with Gasteiger partial charge in [0.1, 0.15) is 10.8 Å². The Hall–Kier alpha value is -1.95. The number of carbonyl (C=O) groups excluding carboxylic acids is 1. The summed E-state index contributed by atoms with van der Waals surface area (Å²) in [5, 5.41) is 12.2. The van der Waals surface area contributed by atoms with Crippen LogP contribution in [0.4, 0.5) is 5.13 Å². The topological polar surface area (TPSA) is 64.1 Å². The van der Waals surface area contributed by atoms with Gasteiger partial charge in [0.15, 0.2) is 0 Å². The fourth-order valence-electron chi connectivity index (χ4n) is 2.00. The van der Waals surface area contributed by atoms with Gasteiger partial charge in [-0.2, -0.15) is 0 Å². The van der Waals surface area contributed by atoms with Crippen molar-refractivity contribution in [3.05, 3.63) is 34.8 Å². The van der Waals surface area contributed by atoms with Crippen molar-refractivity contribution in [3.8, 4) is 5.75 Å². The fraction of sp³-hybridized carbons (Fsp3) is 0.471. The molecule has 0 aliphatic carbocycles. The van der Waals surface area contributed by atoms with E-state index < -0.39 is 0 Å². The predicted octanol–water partition coefficient (Wildman–Crippen LogP) is 4.02. The number of hydrogen-bond donors (Lipinski definition) is 1. The first-order chi connectivity index (χ1) is 11.1. The van der Waals surface area contributed by atoms with Crippen LogP contribution in [0, 0.1) is 0 Å². The lowest BCUT2D eigenvalue weighted by Crippen LogP contribution is -2.12. The van der Waals surface area contributed by atoms with Gasteiger partial charge in [-0.05, 0) is 36.5 Å². The average Bonchev–Trinajstić information content (AvgIpc) is 2.99. The Balaban J connectivity index is 1.67. The van der Waals surface area contributed by atoms with Crippen molar-refractivity contribution in [1.29, 1.82) is 0 Å². The van der Waals surface area contributed by atoms with Crippen LogP contribution >= 0.6 is 11.3 Å². The van der Waals surface area contributed by atoms with Crippen molar-refractivity contribution in [2.45, 2.75) is 46.0 Å². The number of carbonyl (C=O) groups is 1. The molecule has 0 bridgehead atoms. The minimum atomic E-state index is -0.0532. The van der Waals surface area contributed by atoms with Crippen LogP contribution < -0.4 is 10.1 Å². The minimum Gasteiger partial charge on any atom is -0.494 e. The van der Waals surface area contributed by atoms with Crippen LogP contribution in [0.15, 0.2) is 24.3 Å². The number of anilines is 1. The molecular weight excluding hydrogens is 310 g/mol. The van der Waals surface area contributed by atoms with E-state index in [1.807, 2.05) is 19.1 Å². The first-order valence-electron chi connectivity index (χ1n) is 7.93. The molecule has 0 spiro atoms. The Kier molecular flexibility index (Phi) is 6.52. The number of amides is 1. The summed E-state index contributed by atoms with van der Waals surface area (Å²) in [5.74, 6) is 1.30. The van der Waals surface area contributed by atoms with Crippen molar-refractivity contribution in [1.82, 2.24) is 10.2 Å². The largest absolute Gasteiger partial charge is 0.494 e. The zero-order chi connectivity index (χ0) is 16.7. The normalized spacial score (nSPS) is 10.8. The summed E-state index contributed by atoms with van der Waals surface area (Å²) >= 11 is 1.42. The number of nitrogens with zero attached hydrogens (tertiary/aromatic N) is 2. The Morgan fingerprint density at radius 1 is 1.26 bits per heavy atom. The van der Waals surface area contributed by atoms with Crippen LogP contribution in [0.5, 0.6) is 5.75 Å². The zero-order valence-corrected chi connectivity index (χ0v) is 14.7. The molecule has 0 unspecified atom stereocenters. The summed E-state index contributed by atoms with van der Waals surface area (Å²) in [4.78, 5) is 11.8. The van der Waals surface area contributed by atoms with E-state index in [1.54, 1.807) is 0 Å². The molecule has 1 aromatic heterocycles. The molecule has 0 aliphatic rings. The van der Waals surface area contributed by atoms with Crippen LogP contribution in [0.1, 0.15) is 50.1 Å². The summed E-state index contributed by atoms with van der Waals surface area (Å²) in [7, 11) is 0. The predicted molar refractivity (Wildman–Crippen MR) is 93.2 cm³/mol. The maximum Gasteiger partial charge on any atom is 0.226 e. The quantitative estimate of drug-likeness (QED) is 0.741. The van der Waals surface area contributed by atoms with Gasteiger partial charge < -0.3 is 10.1 Å². The average molecular weight is 333 g/mol. The summed E-state index contributed by atoms with van der Waals surface area (Å²) < 4.78 is 5.66. The molecule has 2 aromatic rings. The molecule has 23 heavy (non-hydrogen) atoms. The van der Waals surface area contributed by atoms with E-state index >= 15 is 0 Å². The molecule has 0 fully saturated rings. The lowest BCUT2D eigenvalue weighted by Gasteiger charge is -2.08.